The Kier molecular flexibility index (Phi) is 4.30. The van der Waals surface area contributed by atoms with Gasteiger partial charge in [0.05, 0.1) is 5.60 Å². The standard InChI is InChI=1S/C13H20FNO/c1-4-13(16,5-2)9-15-12-8-6-7-11(14)10(12)3/h6-8,15-16H,4-5,9H2,1-3H3. The van der Waals surface area contributed by atoms with Crippen molar-refractivity contribution >= 4 is 5.69 Å². The molecule has 0 saturated heterocycles. The fourth-order valence-corrected chi connectivity index (χ4v) is 1.56. The van der Waals surface area contributed by atoms with Crippen LogP contribution in [0.2, 0.25) is 0 Å². The maximum Gasteiger partial charge on any atom is 0.128 e. The summed E-state index contributed by atoms with van der Waals surface area (Å²) in [7, 11) is 0. The second kappa shape index (κ2) is 5.30. The fraction of sp³-hybridized carbons (Fsp3) is 0.538. The van der Waals surface area contributed by atoms with Gasteiger partial charge in [0.1, 0.15) is 5.82 Å². The first-order valence-corrected chi connectivity index (χ1v) is 5.74. The minimum Gasteiger partial charge on any atom is -0.388 e. The van der Waals surface area contributed by atoms with Gasteiger partial charge in [-0.25, -0.2) is 4.39 Å². The van der Waals surface area contributed by atoms with Crippen LogP contribution in [0.1, 0.15) is 32.3 Å². The van der Waals surface area contributed by atoms with Crippen LogP contribution in [-0.2, 0) is 0 Å². The predicted octanol–water partition coefficient (Wildman–Crippen LogP) is 3.10. The molecule has 1 aromatic carbocycles. The Bertz CT molecular complexity index is 348. The van der Waals surface area contributed by atoms with Crippen molar-refractivity contribution in [1.82, 2.24) is 0 Å². The molecule has 0 amide bonds. The van der Waals surface area contributed by atoms with Gasteiger partial charge in [-0.2, -0.15) is 0 Å². The van der Waals surface area contributed by atoms with Crippen molar-refractivity contribution in [2.45, 2.75) is 39.2 Å². The highest BCUT2D eigenvalue weighted by molar-refractivity contribution is 5.51. The van der Waals surface area contributed by atoms with E-state index in [1.165, 1.54) is 6.07 Å². The minimum atomic E-state index is -0.710. The normalized spacial score (nSPS) is 11.6. The number of hydrogen-bond donors (Lipinski definition) is 2. The molecule has 90 valence electrons. The summed E-state index contributed by atoms with van der Waals surface area (Å²) in [5.74, 6) is -0.221. The first kappa shape index (κ1) is 13.0. The third-order valence-electron chi connectivity index (χ3n) is 3.19. The molecule has 2 N–H and O–H groups in total. The average molecular weight is 225 g/mol. The van der Waals surface area contributed by atoms with Crippen molar-refractivity contribution in [2.75, 3.05) is 11.9 Å². The lowest BCUT2D eigenvalue weighted by Crippen LogP contribution is -2.35. The summed E-state index contributed by atoms with van der Waals surface area (Å²) >= 11 is 0. The molecular formula is C13H20FNO. The number of rotatable bonds is 5. The van der Waals surface area contributed by atoms with Crippen LogP contribution in [0.25, 0.3) is 0 Å². The molecule has 0 heterocycles. The van der Waals surface area contributed by atoms with E-state index in [9.17, 15) is 9.50 Å². The molecule has 0 atom stereocenters. The predicted molar refractivity (Wildman–Crippen MR) is 65.2 cm³/mol. The zero-order valence-corrected chi connectivity index (χ0v) is 10.2. The summed E-state index contributed by atoms with van der Waals surface area (Å²) in [5.41, 5.74) is 0.635. The molecule has 16 heavy (non-hydrogen) atoms. The van der Waals surface area contributed by atoms with E-state index in [0.29, 0.717) is 24.9 Å². The molecule has 0 saturated carbocycles. The Balaban J connectivity index is 2.71. The number of halogens is 1. The zero-order chi connectivity index (χ0) is 12.2. The largest absolute Gasteiger partial charge is 0.388 e. The summed E-state index contributed by atoms with van der Waals surface area (Å²) in [5, 5.41) is 13.2. The molecule has 0 fully saturated rings. The minimum absolute atomic E-state index is 0.221. The van der Waals surface area contributed by atoms with Crippen LogP contribution in [0.4, 0.5) is 10.1 Å². The molecule has 2 nitrogen and oxygen atoms in total. The molecule has 1 aromatic rings. The average Bonchev–Trinajstić information content (AvgIpc) is 2.31. The van der Waals surface area contributed by atoms with Gasteiger partial charge < -0.3 is 10.4 Å². The van der Waals surface area contributed by atoms with Crippen LogP contribution < -0.4 is 5.32 Å². The molecule has 3 heteroatoms. The molecule has 1 rings (SSSR count). The van der Waals surface area contributed by atoms with Crippen molar-refractivity contribution in [3.8, 4) is 0 Å². The lowest BCUT2D eigenvalue weighted by molar-refractivity contribution is 0.0457. The van der Waals surface area contributed by atoms with Gasteiger partial charge in [-0.1, -0.05) is 19.9 Å². The smallest absolute Gasteiger partial charge is 0.128 e. The van der Waals surface area contributed by atoms with E-state index in [1.807, 2.05) is 19.9 Å². The number of benzene rings is 1. The molecule has 0 radical (unpaired) electrons. The number of hydrogen-bond acceptors (Lipinski definition) is 2. The van der Waals surface area contributed by atoms with E-state index in [1.54, 1.807) is 13.0 Å². The first-order chi connectivity index (χ1) is 7.52. The summed E-state index contributed by atoms with van der Waals surface area (Å²) in [6, 6.07) is 4.93. The SMILES string of the molecule is CCC(O)(CC)CNc1cccc(F)c1C. The van der Waals surface area contributed by atoms with Crippen LogP contribution in [-0.4, -0.2) is 17.3 Å². The Labute approximate surface area is 96.5 Å². The van der Waals surface area contributed by atoms with Gasteiger partial charge in [0, 0.05) is 17.8 Å². The maximum absolute atomic E-state index is 13.3. The molecule has 0 bridgehead atoms. The number of aliphatic hydroxyl groups is 1. The van der Waals surface area contributed by atoms with E-state index < -0.39 is 5.60 Å². The summed E-state index contributed by atoms with van der Waals surface area (Å²) in [6.45, 7) is 6.08. The van der Waals surface area contributed by atoms with Gasteiger partial charge >= 0.3 is 0 Å². The van der Waals surface area contributed by atoms with Crippen molar-refractivity contribution in [1.29, 1.82) is 0 Å². The summed E-state index contributed by atoms with van der Waals surface area (Å²) < 4.78 is 13.3. The number of nitrogens with one attached hydrogen (secondary N) is 1. The maximum atomic E-state index is 13.3. The first-order valence-electron chi connectivity index (χ1n) is 5.74. The third kappa shape index (κ3) is 2.95. The van der Waals surface area contributed by atoms with Crippen molar-refractivity contribution < 1.29 is 9.50 Å². The van der Waals surface area contributed by atoms with Crippen LogP contribution in [0.15, 0.2) is 18.2 Å². The van der Waals surface area contributed by atoms with E-state index in [4.69, 9.17) is 0 Å². The topological polar surface area (TPSA) is 32.3 Å². The van der Waals surface area contributed by atoms with Gasteiger partial charge in [-0.15, -0.1) is 0 Å². The highest BCUT2D eigenvalue weighted by Crippen LogP contribution is 2.20. The van der Waals surface area contributed by atoms with Crippen molar-refractivity contribution in [3.63, 3.8) is 0 Å². The molecule has 0 aliphatic rings. The van der Waals surface area contributed by atoms with Crippen molar-refractivity contribution in [3.05, 3.63) is 29.6 Å². The second-order valence-electron chi connectivity index (χ2n) is 4.20. The van der Waals surface area contributed by atoms with E-state index >= 15 is 0 Å². The lowest BCUT2D eigenvalue weighted by atomic mass is 9.97. The van der Waals surface area contributed by atoms with E-state index in [2.05, 4.69) is 5.32 Å². The summed E-state index contributed by atoms with van der Waals surface area (Å²) in [6.07, 6.45) is 1.37. The Hall–Kier alpha value is -1.09. The second-order valence-corrected chi connectivity index (χ2v) is 4.20. The molecule has 0 spiro atoms. The Morgan fingerprint density at radius 1 is 1.31 bits per heavy atom. The molecule has 0 aliphatic carbocycles. The quantitative estimate of drug-likeness (QED) is 0.807. The number of anilines is 1. The third-order valence-corrected chi connectivity index (χ3v) is 3.19. The van der Waals surface area contributed by atoms with E-state index in [0.717, 1.165) is 5.69 Å². The monoisotopic (exact) mass is 225 g/mol. The van der Waals surface area contributed by atoms with Gasteiger partial charge in [-0.3, -0.25) is 0 Å². The molecule has 0 aliphatic heterocycles. The van der Waals surface area contributed by atoms with Crippen LogP contribution in [0.5, 0.6) is 0 Å². The van der Waals surface area contributed by atoms with Gasteiger partial charge in [0.15, 0.2) is 0 Å². The Morgan fingerprint density at radius 3 is 2.50 bits per heavy atom. The van der Waals surface area contributed by atoms with Crippen LogP contribution in [0.3, 0.4) is 0 Å². The highest BCUT2D eigenvalue weighted by atomic mass is 19.1. The fourth-order valence-electron chi connectivity index (χ4n) is 1.56. The van der Waals surface area contributed by atoms with Crippen LogP contribution >= 0.6 is 0 Å². The van der Waals surface area contributed by atoms with E-state index in [-0.39, 0.29) is 5.82 Å². The molecular weight excluding hydrogens is 205 g/mol. The lowest BCUT2D eigenvalue weighted by Gasteiger charge is -2.26. The van der Waals surface area contributed by atoms with Gasteiger partial charge in [0.25, 0.3) is 0 Å². The zero-order valence-electron chi connectivity index (χ0n) is 10.2. The van der Waals surface area contributed by atoms with Crippen LogP contribution in [0, 0.1) is 12.7 Å². The van der Waals surface area contributed by atoms with Crippen molar-refractivity contribution in [2.24, 2.45) is 0 Å². The van der Waals surface area contributed by atoms with Gasteiger partial charge in [0.2, 0.25) is 0 Å². The highest BCUT2D eigenvalue weighted by Gasteiger charge is 2.21. The molecule has 0 aromatic heterocycles. The van der Waals surface area contributed by atoms with Gasteiger partial charge in [-0.05, 0) is 31.9 Å². The molecule has 0 unspecified atom stereocenters. The summed E-state index contributed by atoms with van der Waals surface area (Å²) in [4.78, 5) is 0. The Morgan fingerprint density at radius 2 is 1.94 bits per heavy atom.